The summed E-state index contributed by atoms with van der Waals surface area (Å²) in [6.45, 7) is 1.13. The summed E-state index contributed by atoms with van der Waals surface area (Å²) in [6, 6.07) is 0. The molecule has 2 fully saturated rings. The molecule has 2 aliphatic rings. The number of anilines is 1. The number of rotatable bonds is 3. The molecule has 4 rings (SSSR count). The van der Waals surface area contributed by atoms with Crippen molar-refractivity contribution in [1.29, 1.82) is 0 Å². The number of H-pyrrole nitrogens is 1. The van der Waals surface area contributed by atoms with Gasteiger partial charge in [-0.05, 0) is 12.8 Å². The number of aromatic nitrogens is 4. The Kier molecular flexibility index (Phi) is 3.76. The first-order chi connectivity index (χ1) is 11.6. The van der Waals surface area contributed by atoms with Crippen LogP contribution in [0.2, 0.25) is 0 Å². The zero-order valence-electron chi connectivity index (χ0n) is 12.9. The monoisotopic (exact) mass is 337 g/mol. The Hall–Kier alpha value is -2.01. The van der Waals surface area contributed by atoms with E-state index < -0.39 is 31.1 Å². The van der Waals surface area contributed by atoms with Crippen LogP contribution in [0.3, 0.4) is 0 Å². The Morgan fingerprint density at radius 2 is 2.04 bits per heavy atom. The molecule has 0 spiro atoms. The molecule has 2 aromatic rings. The van der Waals surface area contributed by atoms with Crippen molar-refractivity contribution in [2.24, 2.45) is 0 Å². The molecule has 4 N–H and O–H groups in total. The lowest BCUT2D eigenvalue weighted by Crippen LogP contribution is -2.34. The second-order valence-electron chi connectivity index (χ2n) is 6.11. The fourth-order valence-corrected chi connectivity index (χ4v) is 3.38. The lowest BCUT2D eigenvalue weighted by atomic mass is 10.1. The number of nitrogens with zero attached hydrogens (tertiary/aromatic N) is 4. The predicted molar refractivity (Wildman–Crippen MR) is 82.6 cm³/mol. The van der Waals surface area contributed by atoms with E-state index in [2.05, 4.69) is 15.0 Å². The highest BCUT2D eigenvalue weighted by Gasteiger charge is 2.45. The maximum absolute atomic E-state index is 12.1. The number of hydrogen-bond donors (Lipinski definition) is 4. The summed E-state index contributed by atoms with van der Waals surface area (Å²) in [4.78, 5) is 25.1. The summed E-state index contributed by atoms with van der Waals surface area (Å²) in [6.07, 6.45) is -1.11. The van der Waals surface area contributed by atoms with Crippen LogP contribution in [-0.4, -0.2) is 72.8 Å². The van der Waals surface area contributed by atoms with Gasteiger partial charge in [0.05, 0.1) is 12.9 Å². The van der Waals surface area contributed by atoms with Gasteiger partial charge in [-0.3, -0.25) is 9.36 Å². The minimum absolute atomic E-state index is 0.150. The number of aromatic amines is 1. The maximum atomic E-state index is 12.1. The van der Waals surface area contributed by atoms with E-state index in [1.807, 2.05) is 4.90 Å². The molecular formula is C14H19N5O5. The van der Waals surface area contributed by atoms with Crippen molar-refractivity contribution < 1.29 is 20.1 Å². The van der Waals surface area contributed by atoms with Crippen LogP contribution in [0.1, 0.15) is 19.1 Å². The van der Waals surface area contributed by atoms with Gasteiger partial charge in [-0.1, -0.05) is 0 Å². The van der Waals surface area contributed by atoms with Crippen molar-refractivity contribution >= 4 is 17.1 Å². The Bertz CT molecular complexity index is 798. The first kappa shape index (κ1) is 15.5. The van der Waals surface area contributed by atoms with Crippen molar-refractivity contribution in [2.45, 2.75) is 37.4 Å². The van der Waals surface area contributed by atoms with E-state index in [4.69, 9.17) is 4.74 Å². The van der Waals surface area contributed by atoms with Crippen LogP contribution in [0.4, 0.5) is 5.95 Å². The summed E-state index contributed by atoms with van der Waals surface area (Å²) in [5, 5.41) is 29.7. The molecule has 130 valence electrons. The van der Waals surface area contributed by atoms with Gasteiger partial charge < -0.3 is 29.9 Å². The maximum Gasteiger partial charge on any atom is 0.278 e. The van der Waals surface area contributed by atoms with E-state index in [1.165, 1.54) is 6.33 Å². The second-order valence-corrected chi connectivity index (χ2v) is 6.11. The van der Waals surface area contributed by atoms with Crippen LogP contribution in [-0.2, 0) is 4.74 Å². The summed E-state index contributed by atoms with van der Waals surface area (Å²) in [5.74, 6) is 0.474. The van der Waals surface area contributed by atoms with Gasteiger partial charge in [0.25, 0.3) is 5.56 Å². The smallest absolute Gasteiger partial charge is 0.278 e. The largest absolute Gasteiger partial charge is 0.394 e. The Morgan fingerprint density at radius 3 is 2.71 bits per heavy atom. The van der Waals surface area contributed by atoms with Gasteiger partial charge in [0.15, 0.2) is 17.4 Å². The van der Waals surface area contributed by atoms with Crippen LogP contribution in [0.15, 0.2) is 11.1 Å². The van der Waals surface area contributed by atoms with Crippen molar-refractivity contribution in [1.82, 2.24) is 19.5 Å². The van der Waals surface area contributed by atoms with Crippen LogP contribution in [0.5, 0.6) is 0 Å². The molecule has 4 heterocycles. The summed E-state index contributed by atoms with van der Waals surface area (Å²) in [7, 11) is 0. The van der Waals surface area contributed by atoms with Gasteiger partial charge in [0.2, 0.25) is 5.95 Å². The fraction of sp³-hybridized carbons (Fsp3) is 0.643. The molecule has 10 heteroatoms. The lowest BCUT2D eigenvalue weighted by molar-refractivity contribution is -0.0504. The van der Waals surface area contributed by atoms with Gasteiger partial charge in [-0.15, -0.1) is 0 Å². The molecule has 0 radical (unpaired) electrons. The Morgan fingerprint density at radius 1 is 1.29 bits per heavy atom. The Labute approximate surface area is 136 Å². The van der Waals surface area contributed by atoms with Crippen molar-refractivity contribution in [3.8, 4) is 0 Å². The van der Waals surface area contributed by atoms with Crippen LogP contribution in [0, 0.1) is 0 Å². The van der Waals surface area contributed by atoms with Crippen molar-refractivity contribution in [3.05, 3.63) is 16.7 Å². The van der Waals surface area contributed by atoms with Gasteiger partial charge in [-0.25, -0.2) is 9.97 Å². The molecule has 0 saturated carbocycles. The molecule has 4 unspecified atom stereocenters. The molecular weight excluding hydrogens is 318 g/mol. The van der Waals surface area contributed by atoms with Gasteiger partial charge >= 0.3 is 0 Å². The number of aliphatic hydroxyl groups is 3. The first-order valence-electron chi connectivity index (χ1n) is 7.95. The Balaban J connectivity index is 1.88. The minimum Gasteiger partial charge on any atom is -0.394 e. The third-order valence-corrected chi connectivity index (χ3v) is 4.63. The lowest BCUT2D eigenvalue weighted by Gasteiger charge is -2.23. The quantitative estimate of drug-likeness (QED) is 0.522. The average Bonchev–Trinajstić information content (AvgIpc) is 3.27. The molecule has 0 aromatic carbocycles. The summed E-state index contributed by atoms with van der Waals surface area (Å²) >= 11 is 0. The van der Waals surface area contributed by atoms with E-state index in [-0.39, 0.29) is 16.7 Å². The number of aliphatic hydroxyl groups excluding tert-OH is 3. The molecule has 4 atom stereocenters. The molecule has 2 aromatic heterocycles. The van der Waals surface area contributed by atoms with Crippen LogP contribution >= 0.6 is 0 Å². The highest BCUT2D eigenvalue weighted by atomic mass is 16.6. The molecule has 0 bridgehead atoms. The minimum atomic E-state index is -1.26. The molecule has 24 heavy (non-hydrogen) atoms. The normalized spacial score (nSPS) is 30.5. The molecule has 2 aliphatic heterocycles. The number of ether oxygens (including phenoxy) is 1. The highest BCUT2D eigenvalue weighted by molar-refractivity contribution is 5.74. The zero-order chi connectivity index (χ0) is 16.8. The van der Waals surface area contributed by atoms with Crippen LogP contribution in [0.25, 0.3) is 11.2 Å². The molecule has 0 amide bonds. The molecule has 0 aliphatic carbocycles. The van der Waals surface area contributed by atoms with E-state index in [0.717, 1.165) is 25.9 Å². The third-order valence-electron chi connectivity index (χ3n) is 4.63. The van der Waals surface area contributed by atoms with Gasteiger partial charge in [-0.2, -0.15) is 0 Å². The number of fused-ring (bicyclic) bond motifs is 1. The van der Waals surface area contributed by atoms with Crippen molar-refractivity contribution in [2.75, 3.05) is 24.6 Å². The van der Waals surface area contributed by atoms with Crippen molar-refractivity contribution in [3.63, 3.8) is 0 Å². The first-order valence-corrected chi connectivity index (χ1v) is 7.95. The average molecular weight is 337 g/mol. The van der Waals surface area contributed by atoms with E-state index in [0.29, 0.717) is 5.95 Å². The summed E-state index contributed by atoms with van der Waals surface area (Å²) in [5.41, 5.74) is 0.0403. The number of hydrogen-bond acceptors (Lipinski definition) is 8. The summed E-state index contributed by atoms with van der Waals surface area (Å²) < 4.78 is 7.16. The topological polar surface area (TPSA) is 137 Å². The number of nitrogens with one attached hydrogen (secondary N) is 1. The van der Waals surface area contributed by atoms with Gasteiger partial charge in [0, 0.05) is 13.1 Å². The fourth-order valence-electron chi connectivity index (χ4n) is 3.38. The SMILES string of the molecule is O=c1[nH]cnc2c1nc(N1CCCC1)n2C1OC(CO)C(O)C1O. The van der Waals surface area contributed by atoms with E-state index in [1.54, 1.807) is 4.57 Å². The highest BCUT2D eigenvalue weighted by Crippen LogP contribution is 2.35. The predicted octanol–water partition coefficient (Wildman–Crippen LogP) is -1.67. The number of imidazole rings is 1. The third kappa shape index (κ3) is 2.22. The van der Waals surface area contributed by atoms with Gasteiger partial charge in [0.1, 0.15) is 18.3 Å². The second kappa shape index (κ2) is 5.81. The molecule has 10 nitrogen and oxygen atoms in total. The standard InChI is InChI=1S/C14H19N5O5/c20-5-7-9(21)10(22)13(24-7)19-11-8(12(23)16-6-15-11)17-14(19)18-3-1-2-4-18/h6-7,9-10,13,20-22H,1-5H2,(H,15,16,23). The zero-order valence-corrected chi connectivity index (χ0v) is 12.9. The molecule has 2 saturated heterocycles. The van der Waals surface area contributed by atoms with E-state index in [9.17, 15) is 20.1 Å². The van der Waals surface area contributed by atoms with E-state index >= 15 is 0 Å². The van der Waals surface area contributed by atoms with Crippen LogP contribution < -0.4 is 10.5 Å².